The van der Waals surface area contributed by atoms with Gasteiger partial charge in [0.15, 0.2) is 10.6 Å². The minimum atomic E-state index is -0.120. The van der Waals surface area contributed by atoms with E-state index in [-0.39, 0.29) is 18.0 Å². The molecule has 0 saturated carbocycles. The van der Waals surface area contributed by atoms with E-state index in [1.54, 1.807) is 12.6 Å². The van der Waals surface area contributed by atoms with Gasteiger partial charge in [-0.15, -0.1) is 11.3 Å². The van der Waals surface area contributed by atoms with Crippen molar-refractivity contribution in [3.05, 3.63) is 29.3 Å². The summed E-state index contributed by atoms with van der Waals surface area (Å²) < 4.78 is 5.22. The number of aromatic nitrogens is 3. The molecule has 0 aliphatic carbocycles. The first-order chi connectivity index (χ1) is 14.0. The normalized spacial score (nSPS) is 16.9. The van der Waals surface area contributed by atoms with E-state index in [1.807, 2.05) is 30.0 Å². The van der Waals surface area contributed by atoms with E-state index >= 15 is 0 Å². The standard InChI is InChI=1S/C19H23N7O2S/c1-11-8-13(28-3)4-5-14(11)22-19(27)25-6-7-26(12(2)9-25)16-15-17(29-10-21-15)24-18(20)23-16/h4-5,8,10,12H,6-7,9H2,1-3H3,(H,22,27)(H2,20,23,24)/t12-/m0/s1. The molecule has 3 aromatic rings. The zero-order valence-electron chi connectivity index (χ0n) is 16.5. The highest BCUT2D eigenvalue weighted by molar-refractivity contribution is 7.16. The zero-order valence-corrected chi connectivity index (χ0v) is 17.4. The summed E-state index contributed by atoms with van der Waals surface area (Å²) >= 11 is 1.44. The van der Waals surface area contributed by atoms with Gasteiger partial charge in [0.2, 0.25) is 5.95 Å². The average Bonchev–Trinajstić information content (AvgIpc) is 3.17. The number of benzene rings is 1. The predicted molar refractivity (Wildman–Crippen MR) is 115 cm³/mol. The van der Waals surface area contributed by atoms with Crippen molar-refractivity contribution in [2.45, 2.75) is 19.9 Å². The van der Waals surface area contributed by atoms with Crippen LogP contribution in [0.3, 0.4) is 0 Å². The molecule has 2 amide bonds. The van der Waals surface area contributed by atoms with Crippen molar-refractivity contribution >= 4 is 45.2 Å². The molecule has 10 heteroatoms. The number of carbonyl (C=O) groups excluding carboxylic acids is 1. The van der Waals surface area contributed by atoms with Crippen LogP contribution in [0.2, 0.25) is 0 Å². The lowest BCUT2D eigenvalue weighted by Gasteiger charge is -2.40. The molecule has 3 N–H and O–H groups in total. The fourth-order valence-corrected chi connectivity index (χ4v) is 4.18. The number of nitrogens with two attached hydrogens (primary N) is 1. The predicted octanol–water partition coefficient (Wildman–Crippen LogP) is 2.73. The molecule has 2 aromatic heterocycles. The largest absolute Gasteiger partial charge is 0.497 e. The Morgan fingerprint density at radius 3 is 2.90 bits per heavy atom. The minimum absolute atomic E-state index is 0.0608. The Morgan fingerprint density at radius 1 is 1.34 bits per heavy atom. The lowest BCUT2D eigenvalue weighted by atomic mass is 10.1. The van der Waals surface area contributed by atoms with Crippen LogP contribution in [0.1, 0.15) is 12.5 Å². The number of amides is 2. The summed E-state index contributed by atoms with van der Waals surface area (Å²) in [4.78, 5) is 30.6. The number of urea groups is 1. The number of hydrogen-bond donors (Lipinski definition) is 2. The maximum absolute atomic E-state index is 12.8. The van der Waals surface area contributed by atoms with Gasteiger partial charge >= 0.3 is 6.03 Å². The molecule has 1 fully saturated rings. The van der Waals surface area contributed by atoms with Crippen LogP contribution >= 0.6 is 11.3 Å². The van der Waals surface area contributed by atoms with Crippen LogP contribution in [-0.4, -0.2) is 58.7 Å². The zero-order chi connectivity index (χ0) is 20.5. The summed E-state index contributed by atoms with van der Waals surface area (Å²) in [5, 5.41) is 3.00. The van der Waals surface area contributed by atoms with Crippen LogP contribution in [0, 0.1) is 6.92 Å². The molecule has 0 unspecified atom stereocenters. The molecule has 152 valence electrons. The number of methoxy groups -OCH3 is 1. The van der Waals surface area contributed by atoms with Crippen LogP contribution in [0.4, 0.5) is 22.2 Å². The molecule has 29 heavy (non-hydrogen) atoms. The average molecular weight is 414 g/mol. The monoisotopic (exact) mass is 413 g/mol. The number of piperazine rings is 1. The maximum Gasteiger partial charge on any atom is 0.321 e. The van der Waals surface area contributed by atoms with Crippen molar-refractivity contribution < 1.29 is 9.53 Å². The van der Waals surface area contributed by atoms with E-state index in [4.69, 9.17) is 10.5 Å². The van der Waals surface area contributed by atoms with Crippen LogP contribution in [0.25, 0.3) is 10.3 Å². The van der Waals surface area contributed by atoms with Gasteiger partial charge in [-0.05, 0) is 37.6 Å². The third-order valence-corrected chi connectivity index (χ3v) is 5.78. The number of carbonyl (C=O) groups is 1. The summed E-state index contributed by atoms with van der Waals surface area (Å²) in [5.41, 5.74) is 10.1. The quantitative estimate of drug-likeness (QED) is 0.679. The van der Waals surface area contributed by atoms with E-state index < -0.39 is 0 Å². The molecule has 4 rings (SSSR count). The Bertz CT molecular complexity index is 1050. The highest BCUT2D eigenvalue weighted by Crippen LogP contribution is 2.29. The first-order valence-corrected chi connectivity index (χ1v) is 10.2. The number of aryl methyl sites for hydroxylation is 1. The molecule has 3 heterocycles. The van der Waals surface area contributed by atoms with Crippen molar-refractivity contribution in [3.8, 4) is 5.75 Å². The van der Waals surface area contributed by atoms with Gasteiger partial charge in [0, 0.05) is 31.4 Å². The van der Waals surface area contributed by atoms with Crippen LogP contribution < -0.4 is 20.7 Å². The Labute approximate surface area is 172 Å². The maximum atomic E-state index is 12.8. The van der Waals surface area contributed by atoms with Crippen LogP contribution in [0.5, 0.6) is 5.75 Å². The Morgan fingerprint density at radius 2 is 2.17 bits per heavy atom. The Kier molecular flexibility index (Phi) is 5.10. The van der Waals surface area contributed by atoms with Gasteiger partial charge in [-0.2, -0.15) is 4.98 Å². The second-order valence-corrected chi connectivity index (χ2v) is 7.84. The third kappa shape index (κ3) is 3.75. The summed E-state index contributed by atoms with van der Waals surface area (Å²) in [5.74, 6) is 1.73. The molecule has 9 nitrogen and oxygen atoms in total. The van der Waals surface area contributed by atoms with Crippen molar-refractivity contribution in [2.75, 3.05) is 42.7 Å². The number of nitrogens with zero attached hydrogens (tertiary/aromatic N) is 5. The summed E-state index contributed by atoms with van der Waals surface area (Å²) in [7, 11) is 1.62. The molecule has 1 aromatic carbocycles. The van der Waals surface area contributed by atoms with E-state index in [0.717, 1.165) is 33.2 Å². The van der Waals surface area contributed by atoms with Crippen molar-refractivity contribution in [1.29, 1.82) is 0 Å². The summed E-state index contributed by atoms with van der Waals surface area (Å²) in [6.07, 6.45) is 0. The van der Waals surface area contributed by atoms with Crippen molar-refractivity contribution in [1.82, 2.24) is 19.9 Å². The van der Waals surface area contributed by atoms with E-state index in [0.29, 0.717) is 19.6 Å². The number of thiazole rings is 1. The fourth-order valence-electron chi connectivity index (χ4n) is 3.52. The highest BCUT2D eigenvalue weighted by Gasteiger charge is 2.29. The number of ether oxygens (including phenoxy) is 1. The molecular weight excluding hydrogens is 390 g/mol. The smallest absolute Gasteiger partial charge is 0.321 e. The molecule has 0 bridgehead atoms. The molecule has 1 aliphatic rings. The lowest BCUT2D eigenvalue weighted by Crippen LogP contribution is -2.55. The number of anilines is 3. The number of fused-ring (bicyclic) bond motifs is 1. The minimum Gasteiger partial charge on any atom is -0.497 e. The van der Waals surface area contributed by atoms with Gasteiger partial charge in [-0.25, -0.2) is 14.8 Å². The second kappa shape index (κ2) is 7.70. The topological polar surface area (TPSA) is 110 Å². The first-order valence-electron chi connectivity index (χ1n) is 9.30. The van der Waals surface area contributed by atoms with Crippen molar-refractivity contribution in [3.63, 3.8) is 0 Å². The van der Waals surface area contributed by atoms with Gasteiger partial charge in [0.1, 0.15) is 11.3 Å². The van der Waals surface area contributed by atoms with Gasteiger partial charge in [0.05, 0.1) is 12.6 Å². The van der Waals surface area contributed by atoms with E-state index in [9.17, 15) is 4.79 Å². The van der Waals surface area contributed by atoms with Crippen molar-refractivity contribution in [2.24, 2.45) is 0 Å². The number of nitrogen functional groups attached to an aromatic ring is 1. The number of hydrogen-bond acceptors (Lipinski definition) is 8. The summed E-state index contributed by atoms with van der Waals surface area (Å²) in [6, 6.07) is 5.53. The number of rotatable bonds is 3. The van der Waals surface area contributed by atoms with Gasteiger partial charge < -0.3 is 25.6 Å². The Balaban J connectivity index is 1.47. The third-order valence-electron chi connectivity index (χ3n) is 5.06. The molecule has 1 atom stereocenters. The van der Waals surface area contributed by atoms with Crippen LogP contribution in [-0.2, 0) is 0 Å². The van der Waals surface area contributed by atoms with Crippen LogP contribution in [0.15, 0.2) is 23.7 Å². The summed E-state index contributed by atoms with van der Waals surface area (Å²) in [6.45, 7) is 5.78. The lowest BCUT2D eigenvalue weighted by molar-refractivity contribution is 0.200. The molecular formula is C19H23N7O2S. The molecule has 1 saturated heterocycles. The van der Waals surface area contributed by atoms with Gasteiger partial charge in [0.25, 0.3) is 0 Å². The van der Waals surface area contributed by atoms with Gasteiger partial charge in [-0.3, -0.25) is 0 Å². The molecule has 0 radical (unpaired) electrons. The molecule has 1 aliphatic heterocycles. The first kappa shape index (κ1) is 19.2. The number of nitrogens with one attached hydrogen (secondary N) is 1. The second-order valence-electron chi connectivity index (χ2n) is 7.01. The van der Waals surface area contributed by atoms with E-state index in [2.05, 4.69) is 32.1 Å². The highest BCUT2D eigenvalue weighted by atomic mass is 32.1. The molecule has 0 spiro atoms. The fraction of sp³-hybridized carbons (Fsp3) is 0.368. The Hall–Kier alpha value is -3.14. The van der Waals surface area contributed by atoms with E-state index in [1.165, 1.54) is 11.3 Å². The van der Waals surface area contributed by atoms with Gasteiger partial charge in [-0.1, -0.05) is 0 Å². The SMILES string of the molecule is COc1ccc(NC(=O)N2CCN(c3nc(N)nc4scnc34)[C@@H](C)C2)c(C)c1.